The molecule has 0 aliphatic heterocycles. The van der Waals surface area contributed by atoms with Crippen LogP contribution in [0.25, 0.3) is 0 Å². The number of rotatable bonds is 7. The molecular formula is C9H21NO2S2. The normalized spacial score (nSPS) is 16.6. The Morgan fingerprint density at radius 2 is 1.86 bits per heavy atom. The smallest absolute Gasteiger partial charge is 0.148 e. The molecule has 2 atom stereocenters. The van der Waals surface area contributed by atoms with E-state index in [1.807, 2.05) is 18.7 Å². The summed E-state index contributed by atoms with van der Waals surface area (Å²) in [5.41, 5.74) is 0. The second-order valence-electron chi connectivity index (χ2n) is 3.72. The van der Waals surface area contributed by atoms with E-state index in [0.717, 1.165) is 11.5 Å². The van der Waals surface area contributed by atoms with Crippen molar-refractivity contribution in [2.75, 3.05) is 23.5 Å². The molecule has 0 aromatic rings. The van der Waals surface area contributed by atoms with Gasteiger partial charge >= 0.3 is 0 Å². The second kappa shape index (κ2) is 6.69. The summed E-state index contributed by atoms with van der Waals surface area (Å²) in [6.07, 6.45) is 1.27. The van der Waals surface area contributed by atoms with Crippen molar-refractivity contribution in [1.29, 1.82) is 0 Å². The zero-order valence-corrected chi connectivity index (χ0v) is 11.0. The first-order valence-corrected chi connectivity index (χ1v) is 8.08. The lowest BCUT2D eigenvalue weighted by Crippen LogP contribution is -2.40. The van der Waals surface area contributed by atoms with E-state index in [1.165, 1.54) is 6.26 Å². The summed E-state index contributed by atoms with van der Waals surface area (Å²) >= 11 is 1.86. The summed E-state index contributed by atoms with van der Waals surface area (Å²) in [7, 11) is -2.86. The Morgan fingerprint density at radius 3 is 2.29 bits per heavy atom. The summed E-state index contributed by atoms with van der Waals surface area (Å²) in [6.45, 7) is 6.12. The van der Waals surface area contributed by atoms with Crippen LogP contribution in [0.15, 0.2) is 0 Å². The van der Waals surface area contributed by atoms with Crippen LogP contribution in [0.2, 0.25) is 0 Å². The largest absolute Gasteiger partial charge is 0.310 e. The zero-order valence-electron chi connectivity index (χ0n) is 9.41. The second-order valence-corrected chi connectivity index (χ2v) is 7.22. The molecule has 0 aromatic heterocycles. The fourth-order valence-corrected chi connectivity index (χ4v) is 3.02. The van der Waals surface area contributed by atoms with E-state index in [9.17, 15) is 8.42 Å². The predicted molar refractivity (Wildman–Crippen MR) is 64.8 cm³/mol. The molecule has 0 amide bonds. The van der Waals surface area contributed by atoms with Crippen molar-refractivity contribution in [2.24, 2.45) is 0 Å². The van der Waals surface area contributed by atoms with Gasteiger partial charge < -0.3 is 5.32 Å². The lowest BCUT2D eigenvalue weighted by atomic mass is 10.3. The number of hydrogen-bond acceptors (Lipinski definition) is 4. The van der Waals surface area contributed by atoms with E-state index in [2.05, 4.69) is 19.2 Å². The molecular weight excluding hydrogens is 218 g/mol. The van der Waals surface area contributed by atoms with Gasteiger partial charge in [0.1, 0.15) is 9.84 Å². The van der Waals surface area contributed by atoms with Crippen LogP contribution in [0.5, 0.6) is 0 Å². The van der Waals surface area contributed by atoms with Gasteiger partial charge in [-0.1, -0.05) is 6.92 Å². The monoisotopic (exact) mass is 239 g/mol. The van der Waals surface area contributed by atoms with Crippen LogP contribution in [-0.4, -0.2) is 44.0 Å². The summed E-state index contributed by atoms with van der Waals surface area (Å²) in [5.74, 6) is 2.35. The molecule has 0 aliphatic rings. The van der Waals surface area contributed by atoms with E-state index in [1.54, 1.807) is 0 Å². The van der Waals surface area contributed by atoms with Gasteiger partial charge in [0, 0.05) is 24.1 Å². The lowest BCUT2D eigenvalue weighted by molar-refractivity contribution is 0.515. The summed E-state index contributed by atoms with van der Waals surface area (Å²) in [4.78, 5) is 0. The number of sulfone groups is 1. The van der Waals surface area contributed by atoms with Crippen LogP contribution in [0, 0.1) is 0 Å². The molecule has 5 heteroatoms. The molecule has 0 radical (unpaired) electrons. The van der Waals surface area contributed by atoms with Gasteiger partial charge in [-0.15, -0.1) is 0 Å². The van der Waals surface area contributed by atoms with Crippen molar-refractivity contribution in [2.45, 2.75) is 32.9 Å². The molecule has 0 spiro atoms. The minimum atomic E-state index is -2.86. The number of hydrogen-bond donors (Lipinski definition) is 1. The van der Waals surface area contributed by atoms with Gasteiger partial charge in [0.25, 0.3) is 0 Å². The highest BCUT2D eigenvalue weighted by Gasteiger charge is 2.12. The number of thioether (sulfide) groups is 1. The lowest BCUT2D eigenvalue weighted by Gasteiger charge is -2.18. The van der Waals surface area contributed by atoms with Crippen molar-refractivity contribution in [3.8, 4) is 0 Å². The number of nitrogens with one attached hydrogen (secondary N) is 1. The standard InChI is InChI=1S/C9H21NO2S2/c1-5-13-6-8(2)10-9(3)7-14(4,11)12/h8-10H,5-7H2,1-4H3. The quantitative estimate of drug-likeness (QED) is 0.724. The highest BCUT2D eigenvalue weighted by molar-refractivity contribution is 7.99. The Bertz CT molecular complexity index is 239. The average molecular weight is 239 g/mol. The van der Waals surface area contributed by atoms with Gasteiger partial charge in [-0.3, -0.25) is 0 Å². The highest BCUT2D eigenvalue weighted by atomic mass is 32.2. The van der Waals surface area contributed by atoms with Gasteiger partial charge in [-0.25, -0.2) is 8.42 Å². The van der Waals surface area contributed by atoms with Crippen LogP contribution >= 0.6 is 11.8 Å². The van der Waals surface area contributed by atoms with E-state index in [-0.39, 0.29) is 11.8 Å². The van der Waals surface area contributed by atoms with Crippen LogP contribution in [0.3, 0.4) is 0 Å². The molecule has 86 valence electrons. The first-order valence-electron chi connectivity index (χ1n) is 4.86. The molecule has 0 fully saturated rings. The molecule has 0 rings (SSSR count). The fourth-order valence-electron chi connectivity index (χ4n) is 1.33. The molecule has 2 unspecified atom stereocenters. The Hall–Kier alpha value is 0.260. The molecule has 0 heterocycles. The van der Waals surface area contributed by atoms with Crippen molar-refractivity contribution < 1.29 is 8.42 Å². The van der Waals surface area contributed by atoms with Crippen molar-refractivity contribution in [1.82, 2.24) is 5.32 Å². The van der Waals surface area contributed by atoms with Crippen molar-refractivity contribution >= 4 is 21.6 Å². The summed E-state index contributed by atoms with van der Waals surface area (Å²) in [5, 5.41) is 3.27. The Labute approximate surface area is 92.0 Å². The zero-order chi connectivity index (χ0) is 11.2. The molecule has 1 N–H and O–H groups in total. The van der Waals surface area contributed by atoms with E-state index >= 15 is 0 Å². The summed E-state index contributed by atoms with van der Waals surface area (Å²) < 4.78 is 22.0. The topological polar surface area (TPSA) is 46.2 Å². The van der Waals surface area contributed by atoms with E-state index in [4.69, 9.17) is 0 Å². The first-order chi connectivity index (χ1) is 6.35. The Morgan fingerprint density at radius 1 is 1.29 bits per heavy atom. The van der Waals surface area contributed by atoms with Crippen LogP contribution in [-0.2, 0) is 9.84 Å². The third kappa shape index (κ3) is 8.84. The minimum absolute atomic E-state index is 0.0393. The van der Waals surface area contributed by atoms with E-state index in [0.29, 0.717) is 6.04 Å². The van der Waals surface area contributed by atoms with Gasteiger partial charge in [-0.2, -0.15) is 11.8 Å². The Kier molecular flexibility index (Phi) is 6.81. The minimum Gasteiger partial charge on any atom is -0.310 e. The third-order valence-electron chi connectivity index (χ3n) is 1.69. The maximum absolute atomic E-state index is 11.0. The molecule has 3 nitrogen and oxygen atoms in total. The highest BCUT2D eigenvalue weighted by Crippen LogP contribution is 2.02. The molecule has 0 aliphatic carbocycles. The van der Waals surface area contributed by atoms with Gasteiger partial charge in [-0.05, 0) is 19.6 Å². The van der Waals surface area contributed by atoms with Crippen LogP contribution in [0.4, 0.5) is 0 Å². The Balaban J connectivity index is 3.76. The maximum Gasteiger partial charge on any atom is 0.148 e. The molecule has 14 heavy (non-hydrogen) atoms. The van der Waals surface area contributed by atoms with E-state index < -0.39 is 9.84 Å². The van der Waals surface area contributed by atoms with Gasteiger partial charge in [0.15, 0.2) is 0 Å². The average Bonchev–Trinajstić information content (AvgIpc) is 1.96. The molecule has 0 saturated heterocycles. The maximum atomic E-state index is 11.0. The SMILES string of the molecule is CCSCC(C)NC(C)CS(C)(=O)=O. The van der Waals surface area contributed by atoms with Crippen LogP contribution < -0.4 is 5.32 Å². The third-order valence-corrected chi connectivity index (χ3v) is 3.94. The van der Waals surface area contributed by atoms with Crippen molar-refractivity contribution in [3.05, 3.63) is 0 Å². The predicted octanol–water partition coefficient (Wildman–Crippen LogP) is 1.15. The van der Waals surface area contributed by atoms with Crippen molar-refractivity contribution in [3.63, 3.8) is 0 Å². The molecule has 0 bridgehead atoms. The fraction of sp³-hybridized carbons (Fsp3) is 1.00. The molecule has 0 saturated carbocycles. The summed E-state index contributed by atoms with van der Waals surface area (Å²) in [6, 6.07) is 0.411. The van der Waals surface area contributed by atoms with Gasteiger partial charge in [0.05, 0.1) is 5.75 Å². The molecule has 0 aromatic carbocycles. The first kappa shape index (κ1) is 14.3. The van der Waals surface area contributed by atoms with Crippen LogP contribution in [0.1, 0.15) is 20.8 Å². The van der Waals surface area contributed by atoms with Gasteiger partial charge in [0.2, 0.25) is 0 Å².